The highest BCUT2D eigenvalue weighted by atomic mass is 15.0. The van der Waals surface area contributed by atoms with Gasteiger partial charge in [0.2, 0.25) is 0 Å². The summed E-state index contributed by atoms with van der Waals surface area (Å²) in [4.78, 5) is 8.21. The summed E-state index contributed by atoms with van der Waals surface area (Å²) in [5.41, 5.74) is 1.90. The van der Waals surface area contributed by atoms with Crippen LogP contribution in [0.2, 0.25) is 0 Å². The Morgan fingerprint density at radius 2 is 1.67 bits per heavy atom. The number of fused-ring (bicyclic) bond motifs is 1. The normalized spacial score (nSPS) is 9.25. The zero-order valence-corrected chi connectivity index (χ0v) is 7.65. The van der Waals surface area contributed by atoms with Crippen LogP contribution in [0.4, 0.5) is 0 Å². The predicted octanol–water partition coefficient (Wildman–Crippen LogP) is 2.06. The lowest BCUT2D eigenvalue weighted by atomic mass is 10.5. The first kappa shape index (κ1) is 8.71. The van der Waals surface area contributed by atoms with E-state index in [4.69, 9.17) is 0 Å². The molecule has 0 saturated carbocycles. The Morgan fingerprint density at radius 1 is 1.08 bits per heavy atom. The fraction of sp³-hybridized carbons (Fsp3) is 0.333. The van der Waals surface area contributed by atoms with Crippen LogP contribution in [0.1, 0.15) is 19.5 Å². The minimum atomic E-state index is 0.933. The molecule has 0 aliphatic carbocycles. The van der Waals surface area contributed by atoms with E-state index in [9.17, 15) is 0 Å². The van der Waals surface area contributed by atoms with E-state index in [2.05, 4.69) is 9.97 Å². The van der Waals surface area contributed by atoms with E-state index in [-0.39, 0.29) is 0 Å². The molecule has 0 atom stereocenters. The van der Waals surface area contributed by atoms with Gasteiger partial charge in [-0.25, -0.2) is 4.98 Å². The first-order valence-electron chi connectivity index (χ1n) is 4.12. The fourth-order valence-corrected chi connectivity index (χ4v) is 0.988. The summed E-state index contributed by atoms with van der Waals surface area (Å²) in [6, 6.07) is 0. The van der Waals surface area contributed by atoms with Gasteiger partial charge in [-0.1, -0.05) is 13.8 Å². The quantitative estimate of drug-likeness (QED) is 0.595. The van der Waals surface area contributed by atoms with E-state index in [1.807, 2.05) is 37.6 Å². The molecule has 0 fully saturated rings. The summed E-state index contributed by atoms with van der Waals surface area (Å²) < 4.78 is 1.95. The Balaban J connectivity index is 0.000000336. The van der Waals surface area contributed by atoms with Crippen LogP contribution in [0.15, 0.2) is 24.8 Å². The first-order chi connectivity index (χ1) is 5.88. The van der Waals surface area contributed by atoms with E-state index in [0.29, 0.717) is 0 Å². The summed E-state index contributed by atoms with van der Waals surface area (Å²) in [6.45, 7) is 5.95. The maximum Gasteiger partial charge on any atom is 0.158 e. The lowest BCUT2D eigenvalue weighted by molar-refractivity contribution is 1.08. The van der Waals surface area contributed by atoms with Gasteiger partial charge < -0.3 is 4.40 Å². The molecular formula is C9H13N3. The standard InChI is InChI=1S/C7H7N3.C2H6/c1-6-7-9-3-5-10(7)4-2-8-6;1-2/h2-5H,1H3;1-2H3. The Kier molecular flexibility index (Phi) is 2.80. The second-order valence-corrected chi connectivity index (χ2v) is 2.17. The maximum atomic E-state index is 4.12. The SMILES string of the molecule is CC.Cc1nccn2ccnc12. The van der Waals surface area contributed by atoms with Gasteiger partial charge in [0.25, 0.3) is 0 Å². The van der Waals surface area contributed by atoms with Gasteiger partial charge in [0.05, 0.1) is 5.69 Å². The second kappa shape index (κ2) is 3.85. The summed E-state index contributed by atoms with van der Waals surface area (Å²) in [7, 11) is 0. The highest BCUT2D eigenvalue weighted by Gasteiger charge is 1.94. The number of imidazole rings is 1. The van der Waals surface area contributed by atoms with Crippen molar-refractivity contribution in [1.29, 1.82) is 0 Å². The summed E-state index contributed by atoms with van der Waals surface area (Å²) in [5.74, 6) is 0. The van der Waals surface area contributed by atoms with E-state index in [1.165, 1.54) is 0 Å². The fourth-order valence-electron chi connectivity index (χ4n) is 0.988. The van der Waals surface area contributed by atoms with Crippen molar-refractivity contribution in [2.75, 3.05) is 0 Å². The molecule has 0 saturated heterocycles. The van der Waals surface area contributed by atoms with Crippen LogP contribution in [0.25, 0.3) is 5.65 Å². The first-order valence-corrected chi connectivity index (χ1v) is 4.12. The van der Waals surface area contributed by atoms with Crippen molar-refractivity contribution in [3.8, 4) is 0 Å². The number of aromatic nitrogens is 3. The zero-order valence-electron chi connectivity index (χ0n) is 7.65. The molecule has 0 radical (unpaired) electrons. The Bertz CT molecular complexity index is 351. The molecule has 0 aromatic carbocycles. The third kappa shape index (κ3) is 1.44. The van der Waals surface area contributed by atoms with Gasteiger partial charge in [-0.15, -0.1) is 0 Å². The monoisotopic (exact) mass is 163 g/mol. The largest absolute Gasteiger partial charge is 0.304 e. The molecule has 0 unspecified atom stereocenters. The third-order valence-corrected chi connectivity index (χ3v) is 1.49. The van der Waals surface area contributed by atoms with Crippen molar-refractivity contribution in [3.05, 3.63) is 30.5 Å². The van der Waals surface area contributed by atoms with Crippen molar-refractivity contribution in [2.24, 2.45) is 0 Å². The van der Waals surface area contributed by atoms with Crippen LogP contribution < -0.4 is 0 Å². The number of rotatable bonds is 0. The van der Waals surface area contributed by atoms with E-state index in [0.717, 1.165) is 11.3 Å². The van der Waals surface area contributed by atoms with Gasteiger partial charge in [0.15, 0.2) is 5.65 Å². The molecule has 3 nitrogen and oxygen atoms in total. The molecule has 2 heterocycles. The zero-order chi connectivity index (χ0) is 8.97. The lowest BCUT2D eigenvalue weighted by Gasteiger charge is -1.93. The highest BCUT2D eigenvalue weighted by Crippen LogP contribution is 2.01. The Labute approximate surface area is 72.1 Å². The van der Waals surface area contributed by atoms with Crippen LogP contribution in [0, 0.1) is 6.92 Å². The molecule has 2 rings (SSSR count). The predicted molar refractivity (Wildman–Crippen MR) is 49.1 cm³/mol. The number of hydrogen-bond acceptors (Lipinski definition) is 2. The highest BCUT2D eigenvalue weighted by molar-refractivity contribution is 5.41. The van der Waals surface area contributed by atoms with Gasteiger partial charge in [0.1, 0.15) is 0 Å². The Morgan fingerprint density at radius 3 is 2.25 bits per heavy atom. The minimum Gasteiger partial charge on any atom is -0.304 e. The number of hydrogen-bond donors (Lipinski definition) is 0. The van der Waals surface area contributed by atoms with E-state index < -0.39 is 0 Å². The molecule has 0 aliphatic heterocycles. The molecule has 0 amide bonds. The lowest BCUT2D eigenvalue weighted by Crippen LogP contribution is -1.88. The molecule has 3 heteroatoms. The van der Waals surface area contributed by atoms with E-state index >= 15 is 0 Å². The third-order valence-electron chi connectivity index (χ3n) is 1.49. The van der Waals surface area contributed by atoms with Gasteiger partial charge in [-0.2, -0.15) is 0 Å². The second-order valence-electron chi connectivity index (χ2n) is 2.17. The molecule has 0 spiro atoms. The average Bonchev–Trinajstić information content (AvgIpc) is 2.57. The van der Waals surface area contributed by atoms with Crippen LogP contribution in [-0.4, -0.2) is 14.4 Å². The van der Waals surface area contributed by atoms with Crippen molar-refractivity contribution in [1.82, 2.24) is 14.4 Å². The van der Waals surface area contributed by atoms with Gasteiger partial charge in [-0.3, -0.25) is 4.98 Å². The summed E-state index contributed by atoms with van der Waals surface area (Å²) in [5, 5.41) is 0. The van der Waals surface area contributed by atoms with Crippen LogP contribution in [-0.2, 0) is 0 Å². The van der Waals surface area contributed by atoms with Crippen LogP contribution >= 0.6 is 0 Å². The molecule has 64 valence electrons. The molecule has 0 aliphatic rings. The average molecular weight is 163 g/mol. The molecule has 2 aromatic heterocycles. The molecule has 2 aromatic rings. The minimum absolute atomic E-state index is 0.933. The maximum absolute atomic E-state index is 4.12. The molecular weight excluding hydrogens is 150 g/mol. The topological polar surface area (TPSA) is 30.2 Å². The smallest absolute Gasteiger partial charge is 0.158 e. The van der Waals surface area contributed by atoms with E-state index in [1.54, 1.807) is 12.4 Å². The Hall–Kier alpha value is -1.38. The van der Waals surface area contributed by atoms with Crippen molar-refractivity contribution in [2.45, 2.75) is 20.8 Å². The molecule has 0 N–H and O–H groups in total. The van der Waals surface area contributed by atoms with Gasteiger partial charge in [-0.05, 0) is 6.92 Å². The molecule has 12 heavy (non-hydrogen) atoms. The summed E-state index contributed by atoms with van der Waals surface area (Å²) in [6.07, 6.45) is 7.33. The number of aryl methyl sites for hydroxylation is 1. The summed E-state index contributed by atoms with van der Waals surface area (Å²) >= 11 is 0. The molecule has 0 bridgehead atoms. The van der Waals surface area contributed by atoms with Gasteiger partial charge >= 0.3 is 0 Å². The van der Waals surface area contributed by atoms with Crippen molar-refractivity contribution < 1.29 is 0 Å². The number of nitrogens with zero attached hydrogens (tertiary/aromatic N) is 3. The van der Waals surface area contributed by atoms with Crippen molar-refractivity contribution in [3.63, 3.8) is 0 Å². The van der Waals surface area contributed by atoms with Crippen LogP contribution in [0.5, 0.6) is 0 Å². The van der Waals surface area contributed by atoms with Crippen molar-refractivity contribution >= 4 is 5.65 Å². The van der Waals surface area contributed by atoms with Crippen LogP contribution in [0.3, 0.4) is 0 Å². The van der Waals surface area contributed by atoms with Gasteiger partial charge in [0, 0.05) is 24.8 Å².